The predicted octanol–water partition coefficient (Wildman–Crippen LogP) is 2.34. The standard InChI is InChI=1S/C24H30N4O6S/c1-5-17-22(31)28-21(14(2)3)24(33)34-16(9-6-7-12-35-15(4)29)13-20(30)27-19-11-8-10-18(25-19)23(32)26-17/h5-6,8-11,14,16,21H,7,12-13H2,1-4H3,(H,26,32)(H,28,31)(H,25,27,30)/b9-6+,17-5-/t16-,21+/m1/s1. The zero-order valence-electron chi connectivity index (χ0n) is 20.1. The number of carbonyl (C=O) groups is 5. The van der Waals surface area contributed by atoms with Crippen molar-refractivity contribution in [3.63, 3.8) is 0 Å². The maximum absolute atomic E-state index is 13.0. The van der Waals surface area contributed by atoms with Gasteiger partial charge in [-0.15, -0.1) is 0 Å². The van der Waals surface area contributed by atoms with Crippen molar-refractivity contribution in [1.82, 2.24) is 15.6 Å². The first-order valence-electron chi connectivity index (χ1n) is 11.2. The number of nitrogens with one attached hydrogen (secondary N) is 3. The molecule has 188 valence electrons. The van der Waals surface area contributed by atoms with Crippen LogP contribution in [0.5, 0.6) is 0 Å². The molecule has 2 heterocycles. The second kappa shape index (κ2) is 13.4. The van der Waals surface area contributed by atoms with E-state index in [9.17, 15) is 24.0 Å². The van der Waals surface area contributed by atoms with E-state index in [-0.39, 0.29) is 34.7 Å². The van der Waals surface area contributed by atoms with Gasteiger partial charge >= 0.3 is 5.97 Å². The average Bonchev–Trinajstić information content (AvgIpc) is 2.79. The molecule has 0 aromatic carbocycles. The first-order valence-corrected chi connectivity index (χ1v) is 12.1. The van der Waals surface area contributed by atoms with Crippen LogP contribution in [-0.4, -0.2) is 51.7 Å². The van der Waals surface area contributed by atoms with E-state index in [1.807, 2.05) is 0 Å². The Balaban J connectivity index is 2.36. The molecule has 3 N–H and O–H groups in total. The van der Waals surface area contributed by atoms with E-state index in [4.69, 9.17) is 4.74 Å². The van der Waals surface area contributed by atoms with Gasteiger partial charge in [0.15, 0.2) is 5.12 Å². The van der Waals surface area contributed by atoms with Crippen LogP contribution in [-0.2, 0) is 23.9 Å². The van der Waals surface area contributed by atoms with E-state index in [1.165, 1.54) is 36.9 Å². The van der Waals surface area contributed by atoms with Crippen LogP contribution in [0.2, 0.25) is 0 Å². The smallest absolute Gasteiger partial charge is 0.329 e. The van der Waals surface area contributed by atoms with Crippen LogP contribution in [0.15, 0.2) is 42.1 Å². The molecule has 1 aliphatic rings. The maximum atomic E-state index is 13.0. The molecule has 0 spiro atoms. The summed E-state index contributed by atoms with van der Waals surface area (Å²) in [7, 11) is 0. The molecule has 2 rings (SSSR count). The minimum Gasteiger partial charge on any atom is -0.456 e. The highest BCUT2D eigenvalue weighted by Crippen LogP contribution is 2.14. The fourth-order valence-electron chi connectivity index (χ4n) is 3.06. The lowest BCUT2D eigenvalue weighted by molar-refractivity contribution is -0.152. The molecule has 2 atom stereocenters. The number of hydrogen-bond donors (Lipinski definition) is 3. The normalized spacial score (nSPS) is 21.1. The minimum absolute atomic E-state index is 0.00280. The molecule has 0 saturated heterocycles. The number of hydrogen-bond acceptors (Lipinski definition) is 8. The number of thioether (sulfide) groups is 1. The molecule has 0 unspecified atom stereocenters. The lowest BCUT2D eigenvalue weighted by Crippen LogP contribution is -2.48. The number of ether oxygens (including phenoxy) is 1. The van der Waals surface area contributed by atoms with Crippen molar-refractivity contribution in [2.24, 2.45) is 5.92 Å². The Morgan fingerprint density at radius 3 is 2.60 bits per heavy atom. The van der Waals surface area contributed by atoms with Gasteiger partial charge in [0, 0.05) is 12.7 Å². The van der Waals surface area contributed by atoms with Gasteiger partial charge in [0.05, 0.1) is 6.42 Å². The topological polar surface area (TPSA) is 144 Å². The zero-order chi connectivity index (χ0) is 26.0. The summed E-state index contributed by atoms with van der Waals surface area (Å²) in [6.45, 7) is 6.52. The zero-order valence-corrected chi connectivity index (χ0v) is 20.9. The number of cyclic esters (lactones) is 1. The van der Waals surface area contributed by atoms with Gasteiger partial charge in [0.2, 0.25) is 5.91 Å². The van der Waals surface area contributed by atoms with E-state index in [2.05, 4.69) is 20.9 Å². The summed E-state index contributed by atoms with van der Waals surface area (Å²) in [6, 6.07) is 3.48. The highest BCUT2D eigenvalue weighted by Gasteiger charge is 2.30. The number of esters is 1. The van der Waals surface area contributed by atoms with Gasteiger partial charge in [-0.1, -0.05) is 43.8 Å². The van der Waals surface area contributed by atoms with Gasteiger partial charge in [0.25, 0.3) is 11.8 Å². The molecular formula is C24H30N4O6S. The second-order valence-electron chi connectivity index (χ2n) is 8.04. The molecule has 0 aliphatic carbocycles. The van der Waals surface area contributed by atoms with E-state index >= 15 is 0 Å². The number of rotatable bonds is 5. The third kappa shape index (κ3) is 9.01. The van der Waals surface area contributed by atoms with E-state index in [0.717, 1.165) is 0 Å². The molecule has 1 aromatic rings. The molecule has 0 radical (unpaired) electrons. The lowest BCUT2D eigenvalue weighted by Gasteiger charge is -2.24. The molecule has 1 aliphatic heterocycles. The predicted molar refractivity (Wildman–Crippen MR) is 132 cm³/mol. The van der Waals surface area contributed by atoms with Gasteiger partial charge in [-0.2, -0.15) is 0 Å². The third-order valence-corrected chi connectivity index (χ3v) is 5.68. The Bertz CT molecular complexity index is 1040. The average molecular weight is 503 g/mol. The molecule has 0 fully saturated rings. The largest absolute Gasteiger partial charge is 0.456 e. The number of anilines is 1. The molecule has 10 nitrogen and oxygen atoms in total. The van der Waals surface area contributed by atoms with Crippen molar-refractivity contribution in [2.45, 2.75) is 52.7 Å². The number of aromatic nitrogens is 1. The van der Waals surface area contributed by atoms with Crippen LogP contribution in [0.25, 0.3) is 0 Å². The number of carbonyl (C=O) groups excluding carboxylic acids is 5. The summed E-state index contributed by atoms with van der Waals surface area (Å²) in [6.07, 6.45) is 4.13. The highest BCUT2D eigenvalue weighted by molar-refractivity contribution is 8.13. The summed E-state index contributed by atoms with van der Waals surface area (Å²) in [5.41, 5.74) is -0.0593. The van der Waals surface area contributed by atoms with Crippen molar-refractivity contribution in [1.29, 1.82) is 0 Å². The van der Waals surface area contributed by atoms with Gasteiger partial charge in [-0.05, 0) is 37.5 Å². The number of allylic oxidation sites excluding steroid dienone is 2. The van der Waals surface area contributed by atoms with Gasteiger partial charge < -0.3 is 20.7 Å². The first-order chi connectivity index (χ1) is 16.6. The summed E-state index contributed by atoms with van der Waals surface area (Å²) in [5, 5.41) is 7.68. The lowest BCUT2D eigenvalue weighted by atomic mass is 10.0. The summed E-state index contributed by atoms with van der Waals surface area (Å²) in [4.78, 5) is 66.3. The Labute approximate surface area is 208 Å². The van der Waals surface area contributed by atoms with Crippen LogP contribution in [0.1, 0.15) is 51.0 Å². The third-order valence-electron chi connectivity index (χ3n) is 4.83. The van der Waals surface area contributed by atoms with Crippen LogP contribution in [0, 0.1) is 5.92 Å². The fraction of sp³-hybridized carbons (Fsp3) is 0.417. The molecule has 35 heavy (non-hydrogen) atoms. The van der Waals surface area contributed by atoms with Gasteiger partial charge in [-0.25, -0.2) is 9.78 Å². The Morgan fingerprint density at radius 1 is 1.20 bits per heavy atom. The van der Waals surface area contributed by atoms with Crippen LogP contribution in [0.3, 0.4) is 0 Å². The van der Waals surface area contributed by atoms with Gasteiger partial charge in [-0.3, -0.25) is 19.2 Å². The summed E-state index contributed by atoms with van der Waals surface area (Å²) < 4.78 is 5.59. The van der Waals surface area contributed by atoms with E-state index in [1.54, 1.807) is 39.0 Å². The Morgan fingerprint density at radius 2 is 1.94 bits per heavy atom. The number of amides is 3. The fourth-order valence-corrected chi connectivity index (χ4v) is 3.60. The van der Waals surface area contributed by atoms with Crippen LogP contribution >= 0.6 is 11.8 Å². The Kier molecular flexibility index (Phi) is 10.7. The SMILES string of the molecule is C/C=C1\NC(=O)c2cccc(n2)NC(=O)C[C@@H](/C=C/CCSC(C)=O)OC(=O)[C@H](C(C)C)NC1=O. The molecule has 2 bridgehead atoms. The van der Waals surface area contributed by atoms with Crippen molar-refractivity contribution in [2.75, 3.05) is 11.1 Å². The molecule has 1 aromatic heterocycles. The number of fused-ring (bicyclic) bond motifs is 2. The van der Waals surface area contributed by atoms with Crippen molar-refractivity contribution < 1.29 is 28.7 Å². The molecule has 3 amide bonds. The van der Waals surface area contributed by atoms with Gasteiger partial charge in [0.1, 0.15) is 29.4 Å². The molecule has 0 saturated carbocycles. The van der Waals surface area contributed by atoms with Crippen LogP contribution < -0.4 is 16.0 Å². The van der Waals surface area contributed by atoms with Crippen LogP contribution in [0.4, 0.5) is 5.82 Å². The number of nitrogens with zero attached hydrogens (tertiary/aromatic N) is 1. The summed E-state index contributed by atoms with van der Waals surface area (Å²) >= 11 is 1.17. The molecule has 11 heteroatoms. The first kappa shape index (κ1) is 27.8. The van der Waals surface area contributed by atoms with Crippen molar-refractivity contribution in [3.8, 4) is 0 Å². The van der Waals surface area contributed by atoms with E-state index < -0.39 is 35.8 Å². The monoisotopic (exact) mass is 502 g/mol. The van der Waals surface area contributed by atoms with E-state index in [0.29, 0.717) is 12.2 Å². The summed E-state index contributed by atoms with van der Waals surface area (Å²) in [5.74, 6) is -2.16. The van der Waals surface area contributed by atoms with Crippen molar-refractivity contribution >= 4 is 46.4 Å². The van der Waals surface area contributed by atoms with Crippen molar-refractivity contribution in [3.05, 3.63) is 47.8 Å². The Hall–Kier alpha value is -3.47. The maximum Gasteiger partial charge on any atom is 0.329 e. The quantitative estimate of drug-likeness (QED) is 0.241. The molecular weight excluding hydrogens is 472 g/mol. The number of pyridine rings is 1. The minimum atomic E-state index is -1.02. The highest BCUT2D eigenvalue weighted by atomic mass is 32.2. The second-order valence-corrected chi connectivity index (χ2v) is 9.32.